The van der Waals surface area contributed by atoms with Gasteiger partial charge in [0.25, 0.3) is 0 Å². The van der Waals surface area contributed by atoms with E-state index >= 15 is 0 Å². The summed E-state index contributed by atoms with van der Waals surface area (Å²) < 4.78 is 5.05. The predicted molar refractivity (Wildman–Crippen MR) is 117 cm³/mol. The minimum absolute atomic E-state index is 0.117. The van der Waals surface area contributed by atoms with Crippen LogP contribution in [-0.4, -0.2) is 12.6 Å². The summed E-state index contributed by atoms with van der Waals surface area (Å²) in [4.78, 5) is 11.8. The van der Waals surface area contributed by atoms with Crippen LogP contribution in [0.5, 0.6) is 0 Å². The van der Waals surface area contributed by atoms with Crippen LogP contribution in [0, 0.1) is 12.8 Å². The van der Waals surface area contributed by atoms with E-state index in [9.17, 15) is 4.79 Å². The zero-order valence-electron chi connectivity index (χ0n) is 17.8. The molecule has 0 aromatic heterocycles. The molecule has 0 fully saturated rings. The molecular formula is C25H31NO2. The number of carbonyl (C=O) groups excluding carboxylic acids is 1. The van der Waals surface area contributed by atoms with E-state index in [2.05, 4.69) is 58.1 Å². The quantitative estimate of drug-likeness (QED) is 0.594. The number of hydrogen-bond donors (Lipinski definition) is 1. The Kier molecular flexibility index (Phi) is 5.64. The molecule has 0 bridgehead atoms. The van der Waals surface area contributed by atoms with Gasteiger partial charge in [-0.05, 0) is 90.3 Å². The van der Waals surface area contributed by atoms with Crippen LogP contribution in [0.15, 0.2) is 42.5 Å². The van der Waals surface area contributed by atoms with Gasteiger partial charge in [-0.2, -0.15) is 0 Å². The smallest absolute Gasteiger partial charge is 0.338 e. The highest BCUT2D eigenvalue weighted by atomic mass is 16.5. The Morgan fingerprint density at radius 1 is 1.18 bits per heavy atom. The van der Waals surface area contributed by atoms with Gasteiger partial charge in [-0.15, -0.1) is 0 Å². The van der Waals surface area contributed by atoms with Crippen molar-refractivity contribution in [3.8, 4) is 0 Å². The first kappa shape index (κ1) is 20.2. The number of fused-ring (bicyclic) bond motifs is 1. The Bertz CT molecular complexity index is 905. The van der Waals surface area contributed by atoms with Crippen molar-refractivity contribution >= 4 is 22.9 Å². The van der Waals surface area contributed by atoms with Crippen molar-refractivity contribution in [3.05, 3.63) is 64.7 Å². The highest BCUT2D eigenvalue weighted by Gasteiger charge is 2.29. The molecule has 0 heterocycles. The Morgan fingerprint density at radius 2 is 1.86 bits per heavy atom. The van der Waals surface area contributed by atoms with Crippen molar-refractivity contribution in [1.82, 2.24) is 0 Å². The summed E-state index contributed by atoms with van der Waals surface area (Å²) in [5.74, 6) is 0.234. The molecule has 0 unspecified atom stereocenters. The van der Waals surface area contributed by atoms with Crippen LogP contribution in [-0.2, 0) is 10.2 Å². The number of rotatable bonds is 5. The zero-order valence-corrected chi connectivity index (χ0v) is 17.8. The summed E-state index contributed by atoms with van der Waals surface area (Å²) in [6.07, 6.45) is 3.47. The molecule has 2 aromatic rings. The fourth-order valence-corrected chi connectivity index (χ4v) is 3.83. The fraction of sp³-hybridized carbons (Fsp3) is 0.400. The zero-order chi connectivity index (χ0) is 20.5. The maximum absolute atomic E-state index is 11.8. The van der Waals surface area contributed by atoms with Crippen molar-refractivity contribution in [2.24, 2.45) is 5.92 Å². The van der Waals surface area contributed by atoms with Gasteiger partial charge >= 0.3 is 5.97 Å². The number of carbonyl (C=O) groups is 1. The maximum Gasteiger partial charge on any atom is 0.338 e. The van der Waals surface area contributed by atoms with Crippen molar-refractivity contribution in [1.29, 1.82) is 0 Å². The lowest BCUT2D eigenvalue weighted by Gasteiger charge is -2.34. The molecular weight excluding hydrogens is 346 g/mol. The van der Waals surface area contributed by atoms with E-state index in [1.165, 1.54) is 22.3 Å². The molecule has 1 N–H and O–H groups in total. The fourth-order valence-electron chi connectivity index (χ4n) is 3.83. The second-order valence-corrected chi connectivity index (χ2v) is 8.54. The van der Waals surface area contributed by atoms with E-state index in [-0.39, 0.29) is 11.4 Å². The van der Waals surface area contributed by atoms with Gasteiger partial charge < -0.3 is 10.1 Å². The molecule has 0 saturated heterocycles. The molecule has 1 aliphatic rings. The number of esters is 1. The molecule has 3 nitrogen and oxygen atoms in total. The number of anilines is 2. The molecule has 0 aliphatic heterocycles. The molecule has 0 atom stereocenters. The highest BCUT2D eigenvalue weighted by Crippen LogP contribution is 2.43. The van der Waals surface area contributed by atoms with Gasteiger partial charge in [-0.25, -0.2) is 4.79 Å². The average molecular weight is 378 g/mol. The maximum atomic E-state index is 11.8. The third kappa shape index (κ3) is 3.99. The second-order valence-electron chi connectivity index (χ2n) is 8.54. The first-order valence-corrected chi connectivity index (χ1v) is 10.1. The third-order valence-electron chi connectivity index (χ3n) is 5.53. The highest BCUT2D eigenvalue weighted by molar-refractivity contribution is 5.90. The lowest BCUT2D eigenvalue weighted by Crippen LogP contribution is -2.23. The largest absolute Gasteiger partial charge is 0.462 e. The number of allylic oxidation sites excluding steroid dienone is 2. The molecule has 0 radical (unpaired) electrons. The minimum atomic E-state index is -0.284. The van der Waals surface area contributed by atoms with Gasteiger partial charge in [-0.1, -0.05) is 33.8 Å². The van der Waals surface area contributed by atoms with Crippen LogP contribution in [0.3, 0.4) is 0 Å². The molecule has 28 heavy (non-hydrogen) atoms. The Balaban J connectivity index is 1.92. The summed E-state index contributed by atoms with van der Waals surface area (Å²) in [5, 5.41) is 3.53. The van der Waals surface area contributed by atoms with Gasteiger partial charge in [-0.3, -0.25) is 0 Å². The molecule has 0 spiro atoms. The predicted octanol–water partition coefficient (Wildman–Crippen LogP) is 6.64. The van der Waals surface area contributed by atoms with Gasteiger partial charge in [0, 0.05) is 11.4 Å². The van der Waals surface area contributed by atoms with Gasteiger partial charge in [0.2, 0.25) is 0 Å². The van der Waals surface area contributed by atoms with Crippen LogP contribution in [0.4, 0.5) is 11.4 Å². The van der Waals surface area contributed by atoms with Crippen molar-refractivity contribution in [2.45, 2.75) is 53.4 Å². The third-order valence-corrected chi connectivity index (χ3v) is 5.53. The Labute approximate surface area is 168 Å². The lowest BCUT2D eigenvalue weighted by atomic mass is 9.71. The van der Waals surface area contributed by atoms with Gasteiger partial charge in [0.1, 0.15) is 0 Å². The molecule has 0 amide bonds. The normalized spacial score (nSPS) is 15.0. The van der Waals surface area contributed by atoms with E-state index in [1.54, 1.807) is 12.1 Å². The van der Waals surface area contributed by atoms with Crippen LogP contribution in [0.25, 0.3) is 5.57 Å². The molecule has 148 valence electrons. The van der Waals surface area contributed by atoms with E-state index in [0.29, 0.717) is 18.1 Å². The first-order valence-electron chi connectivity index (χ1n) is 10.1. The molecule has 0 saturated carbocycles. The topological polar surface area (TPSA) is 38.3 Å². The standard InChI is InChI=1S/C25H31NO2/c1-7-28-24(27)18-8-10-19(11-9-18)26-23-15-22-21(14-17(23)4)20(16(2)3)12-13-25(22,5)6/h8-12,14-16,26H,7,13H2,1-6H3. The molecule has 3 heteroatoms. The van der Waals surface area contributed by atoms with Crippen LogP contribution in [0.2, 0.25) is 0 Å². The molecule has 2 aromatic carbocycles. The number of benzene rings is 2. The van der Waals surface area contributed by atoms with E-state index < -0.39 is 0 Å². The number of hydrogen-bond acceptors (Lipinski definition) is 3. The van der Waals surface area contributed by atoms with Crippen molar-refractivity contribution < 1.29 is 9.53 Å². The SMILES string of the molecule is CCOC(=O)c1ccc(Nc2cc3c(cc2C)C(C(C)C)=CCC3(C)C)cc1. The van der Waals surface area contributed by atoms with E-state index in [1.807, 2.05) is 19.1 Å². The minimum Gasteiger partial charge on any atom is -0.462 e. The average Bonchev–Trinajstić information content (AvgIpc) is 2.63. The Morgan fingerprint density at radius 3 is 2.46 bits per heavy atom. The summed E-state index contributed by atoms with van der Waals surface area (Å²) in [5.41, 5.74) is 8.21. The lowest BCUT2D eigenvalue weighted by molar-refractivity contribution is 0.0526. The molecule has 1 aliphatic carbocycles. The summed E-state index contributed by atoms with van der Waals surface area (Å²) >= 11 is 0. The number of aryl methyl sites for hydroxylation is 1. The summed E-state index contributed by atoms with van der Waals surface area (Å²) in [6.45, 7) is 13.5. The monoisotopic (exact) mass is 377 g/mol. The van der Waals surface area contributed by atoms with E-state index in [0.717, 1.165) is 17.8 Å². The van der Waals surface area contributed by atoms with Crippen LogP contribution in [0.1, 0.15) is 68.1 Å². The number of ether oxygens (including phenoxy) is 1. The second kappa shape index (κ2) is 7.83. The van der Waals surface area contributed by atoms with Crippen molar-refractivity contribution in [3.63, 3.8) is 0 Å². The van der Waals surface area contributed by atoms with E-state index in [4.69, 9.17) is 4.74 Å². The van der Waals surface area contributed by atoms with Crippen LogP contribution >= 0.6 is 0 Å². The van der Waals surface area contributed by atoms with Crippen LogP contribution < -0.4 is 5.32 Å². The van der Waals surface area contributed by atoms with Crippen molar-refractivity contribution in [2.75, 3.05) is 11.9 Å². The Hall–Kier alpha value is -2.55. The van der Waals surface area contributed by atoms with Gasteiger partial charge in [0.05, 0.1) is 12.2 Å². The summed E-state index contributed by atoms with van der Waals surface area (Å²) in [7, 11) is 0. The first-order chi connectivity index (χ1) is 13.2. The molecule has 3 rings (SSSR count). The summed E-state index contributed by atoms with van der Waals surface area (Å²) in [6, 6.07) is 12.1. The number of nitrogens with one attached hydrogen (secondary N) is 1. The van der Waals surface area contributed by atoms with Gasteiger partial charge in [0.15, 0.2) is 0 Å².